The average Bonchev–Trinajstić information content (AvgIpc) is 3.24. The molecule has 0 aliphatic carbocycles. The van der Waals surface area contributed by atoms with Gasteiger partial charge in [-0.05, 0) is 18.9 Å². The molecule has 2 saturated heterocycles. The van der Waals surface area contributed by atoms with E-state index >= 15 is 0 Å². The van der Waals surface area contributed by atoms with Crippen LogP contribution in [0, 0.1) is 0 Å². The van der Waals surface area contributed by atoms with Crippen molar-refractivity contribution >= 4 is 48.9 Å². The lowest BCUT2D eigenvalue weighted by Crippen LogP contribution is -2.59. The van der Waals surface area contributed by atoms with E-state index in [0.29, 0.717) is 52.2 Å². The number of amides is 1. The highest BCUT2D eigenvalue weighted by atomic mass is 35.5. The number of alkyl halides is 1. The number of sulfone groups is 1. The van der Waals surface area contributed by atoms with Gasteiger partial charge in [-0.25, -0.2) is 18.4 Å². The van der Waals surface area contributed by atoms with E-state index in [1.807, 2.05) is 6.07 Å². The van der Waals surface area contributed by atoms with Crippen molar-refractivity contribution in [2.75, 3.05) is 59.2 Å². The molecular formula is C20H28ClN5O4S2. The minimum Gasteiger partial charge on any atom is -0.379 e. The van der Waals surface area contributed by atoms with Crippen LogP contribution >= 0.6 is 22.9 Å². The second-order valence-electron chi connectivity index (χ2n) is 8.35. The third kappa shape index (κ3) is 4.64. The van der Waals surface area contributed by atoms with Crippen LogP contribution in [0.1, 0.15) is 17.7 Å². The quantitative estimate of drug-likeness (QED) is 0.432. The summed E-state index contributed by atoms with van der Waals surface area (Å²) in [5.74, 6) is -0.839. The summed E-state index contributed by atoms with van der Waals surface area (Å²) in [6.45, 7) is 3.58. The van der Waals surface area contributed by atoms with E-state index in [9.17, 15) is 13.2 Å². The zero-order valence-corrected chi connectivity index (χ0v) is 20.6. The number of carbonyl (C=O) groups is 1. The topological polar surface area (TPSA) is 95.9 Å². The molecule has 0 radical (unpaired) electrons. The zero-order chi connectivity index (χ0) is 22.9. The molecule has 1 unspecified atom stereocenters. The number of nitrogens with zero attached hydrogens (tertiary/aromatic N) is 5. The normalized spacial score (nSPS) is 21.5. The van der Waals surface area contributed by atoms with Crippen molar-refractivity contribution in [1.29, 1.82) is 0 Å². The van der Waals surface area contributed by atoms with Gasteiger partial charge >= 0.3 is 0 Å². The van der Waals surface area contributed by atoms with Crippen molar-refractivity contribution in [3.8, 4) is 0 Å². The van der Waals surface area contributed by atoms with E-state index in [1.165, 1.54) is 11.2 Å². The first-order valence-electron chi connectivity index (χ1n) is 10.6. The maximum Gasteiger partial charge on any atom is 0.237 e. The van der Waals surface area contributed by atoms with Gasteiger partial charge in [0.1, 0.15) is 12.1 Å². The Morgan fingerprint density at radius 1 is 1.25 bits per heavy atom. The predicted molar refractivity (Wildman–Crippen MR) is 124 cm³/mol. The second kappa shape index (κ2) is 9.47. The fourth-order valence-corrected chi connectivity index (χ4v) is 7.64. The molecule has 0 saturated carbocycles. The number of piperidine rings is 1. The maximum atomic E-state index is 12.8. The molecule has 9 nitrogen and oxygen atoms in total. The molecule has 12 heteroatoms. The van der Waals surface area contributed by atoms with Crippen LogP contribution < -0.4 is 0 Å². The van der Waals surface area contributed by atoms with Gasteiger partial charge in [-0.15, -0.1) is 11.3 Å². The van der Waals surface area contributed by atoms with Crippen molar-refractivity contribution in [3.63, 3.8) is 0 Å². The third-order valence-electron chi connectivity index (χ3n) is 6.13. The Hall–Kier alpha value is -1.37. The molecule has 0 spiro atoms. The Morgan fingerprint density at radius 3 is 2.53 bits per heavy atom. The highest BCUT2D eigenvalue weighted by Gasteiger charge is 2.46. The lowest BCUT2D eigenvalue weighted by molar-refractivity contribution is -0.126. The van der Waals surface area contributed by atoms with E-state index in [4.69, 9.17) is 16.3 Å². The number of carbonyl (C=O) groups excluding carboxylic acids is 1. The van der Waals surface area contributed by atoms with E-state index < -0.39 is 26.0 Å². The number of thiophene rings is 1. The molecule has 2 aromatic heterocycles. The van der Waals surface area contributed by atoms with Gasteiger partial charge in [-0.3, -0.25) is 14.6 Å². The van der Waals surface area contributed by atoms with Crippen LogP contribution in [0.25, 0.3) is 10.2 Å². The van der Waals surface area contributed by atoms with Gasteiger partial charge in [0.25, 0.3) is 0 Å². The summed E-state index contributed by atoms with van der Waals surface area (Å²) in [6, 6.07) is 2.00. The second-order valence-corrected chi connectivity index (χ2v) is 12.2. The van der Waals surface area contributed by atoms with Crippen molar-refractivity contribution < 1.29 is 17.9 Å². The summed E-state index contributed by atoms with van der Waals surface area (Å²) < 4.78 is 32.1. The summed E-state index contributed by atoms with van der Waals surface area (Å²) in [5.41, 5.74) is 0.845. The first-order valence-corrected chi connectivity index (χ1v) is 13.5. The summed E-state index contributed by atoms with van der Waals surface area (Å²) in [4.78, 5) is 27.1. The minimum absolute atomic E-state index is 0.390. The number of halogens is 1. The first kappa shape index (κ1) is 23.8. The number of fused-ring (bicyclic) bond motifs is 1. The Bertz CT molecular complexity index is 1030. The predicted octanol–water partition coefficient (Wildman–Crippen LogP) is 1.34. The molecule has 2 aliphatic rings. The monoisotopic (exact) mass is 501 g/mol. The van der Waals surface area contributed by atoms with Gasteiger partial charge in [-0.1, -0.05) is 11.6 Å². The summed E-state index contributed by atoms with van der Waals surface area (Å²) in [5, 5.41) is -1.45. The fourth-order valence-electron chi connectivity index (χ4n) is 4.24. The molecule has 0 N–H and O–H groups in total. The van der Waals surface area contributed by atoms with Crippen LogP contribution in [0.5, 0.6) is 0 Å². The molecule has 1 amide bonds. The molecule has 0 bridgehead atoms. The Labute approximate surface area is 197 Å². The van der Waals surface area contributed by atoms with Crippen LogP contribution in [-0.4, -0.2) is 103 Å². The molecule has 32 heavy (non-hydrogen) atoms. The van der Waals surface area contributed by atoms with Crippen LogP contribution in [0.4, 0.5) is 0 Å². The maximum absolute atomic E-state index is 12.8. The number of rotatable bonds is 6. The molecule has 2 aromatic rings. The van der Waals surface area contributed by atoms with Crippen LogP contribution in [0.15, 0.2) is 18.6 Å². The molecule has 4 heterocycles. The highest BCUT2D eigenvalue weighted by molar-refractivity contribution is 7.92. The van der Waals surface area contributed by atoms with Crippen LogP contribution in [0.2, 0.25) is 0 Å². The average molecular weight is 502 g/mol. The minimum atomic E-state index is -3.52. The first-order chi connectivity index (χ1) is 15.2. The zero-order valence-electron chi connectivity index (χ0n) is 18.2. The van der Waals surface area contributed by atoms with Gasteiger partial charge in [-0.2, -0.15) is 0 Å². The standard InChI is InChI=1S/C20H28ClN5O4S2/c1-24(2)19(27)13-32(28,29)15-3-5-25(6-4-15)20(21,26-7-9-30-10-8-26)18-11-16-17(31-18)12-22-14-23-16/h11-12,14-15H,3-10,13H2,1-2H3. The summed E-state index contributed by atoms with van der Waals surface area (Å²) in [7, 11) is -0.378. The van der Waals surface area contributed by atoms with Crippen molar-refractivity contribution in [2.45, 2.75) is 23.2 Å². The largest absolute Gasteiger partial charge is 0.379 e. The van der Waals surface area contributed by atoms with Gasteiger partial charge in [0.05, 0.1) is 33.6 Å². The molecule has 4 rings (SSSR count). The lowest BCUT2D eigenvalue weighted by atomic mass is 10.1. The lowest BCUT2D eigenvalue weighted by Gasteiger charge is -2.49. The van der Waals surface area contributed by atoms with Crippen molar-refractivity contribution in [1.82, 2.24) is 24.7 Å². The number of likely N-dealkylation sites (tertiary alicyclic amines) is 1. The van der Waals surface area contributed by atoms with Gasteiger partial charge in [0.2, 0.25) is 5.91 Å². The van der Waals surface area contributed by atoms with Crippen LogP contribution in [0.3, 0.4) is 0 Å². The van der Waals surface area contributed by atoms with Crippen LogP contribution in [-0.2, 0) is 24.5 Å². The molecule has 1 atom stereocenters. The smallest absolute Gasteiger partial charge is 0.237 e. The van der Waals surface area contributed by atoms with E-state index in [0.717, 1.165) is 15.1 Å². The number of ether oxygens (including phenoxy) is 1. The Balaban J connectivity index is 1.57. The molecule has 176 valence electrons. The number of morpholine rings is 1. The Morgan fingerprint density at radius 2 is 1.91 bits per heavy atom. The number of aromatic nitrogens is 2. The van der Waals surface area contributed by atoms with Gasteiger partial charge in [0.15, 0.2) is 15.0 Å². The van der Waals surface area contributed by atoms with E-state index in [1.54, 1.807) is 31.6 Å². The van der Waals surface area contributed by atoms with Gasteiger partial charge in [0, 0.05) is 46.5 Å². The Kier molecular flexibility index (Phi) is 7.04. The number of hydrogen-bond donors (Lipinski definition) is 0. The van der Waals surface area contributed by atoms with Crippen molar-refractivity contribution in [2.24, 2.45) is 0 Å². The molecular weight excluding hydrogens is 474 g/mol. The van der Waals surface area contributed by atoms with E-state index in [2.05, 4.69) is 19.8 Å². The summed E-state index contributed by atoms with van der Waals surface area (Å²) >= 11 is 8.99. The fraction of sp³-hybridized carbons (Fsp3) is 0.650. The molecule has 0 aromatic carbocycles. The SMILES string of the molecule is CN(C)C(=O)CS(=O)(=O)C1CCN(C(Cl)(c2cc3ncncc3s2)N2CCOCC2)CC1. The number of hydrogen-bond acceptors (Lipinski definition) is 9. The molecule has 2 fully saturated rings. The third-order valence-corrected chi connectivity index (χ3v) is 10.2. The van der Waals surface area contributed by atoms with Crippen molar-refractivity contribution in [3.05, 3.63) is 23.5 Å². The summed E-state index contributed by atoms with van der Waals surface area (Å²) in [6.07, 6.45) is 4.18. The molecule has 2 aliphatic heterocycles. The highest BCUT2D eigenvalue weighted by Crippen LogP contribution is 2.44. The van der Waals surface area contributed by atoms with E-state index in [-0.39, 0.29) is 5.91 Å². The van der Waals surface area contributed by atoms with Gasteiger partial charge < -0.3 is 9.64 Å².